The number of Topliss-reactive ketones (excluding diaryl/α,β-unsaturated/α-hetero) is 1. The van der Waals surface area contributed by atoms with Gasteiger partial charge in [0.1, 0.15) is 23.7 Å². The van der Waals surface area contributed by atoms with E-state index in [1.807, 2.05) is 0 Å². The van der Waals surface area contributed by atoms with E-state index in [1.165, 1.54) is 13.3 Å². The van der Waals surface area contributed by atoms with Crippen LogP contribution in [0.2, 0.25) is 0 Å². The van der Waals surface area contributed by atoms with Gasteiger partial charge in [-0.3, -0.25) is 4.79 Å². The quantitative estimate of drug-likeness (QED) is 0.786. The van der Waals surface area contributed by atoms with Crippen LogP contribution in [-0.2, 0) is 9.53 Å². The molecule has 98 valence electrons. The highest BCUT2D eigenvalue weighted by Crippen LogP contribution is 2.13. The molecule has 0 amide bonds. The van der Waals surface area contributed by atoms with Gasteiger partial charge in [-0.25, -0.2) is 9.97 Å². The monoisotopic (exact) mass is 250 g/mol. The zero-order valence-corrected chi connectivity index (χ0v) is 10.5. The van der Waals surface area contributed by atoms with Gasteiger partial charge in [0.25, 0.3) is 0 Å². The van der Waals surface area contributed by atoms with Gasteiger partial charge in [-0.2, -0.15) is 0 Å². The number of hydrogen-bond acceptors (Lipinski definition) is 6. The summed E-state index contributed by atoms with van der Waals surface area (Å²) in [6.45, 7) is 3.41. The number of ether oxygens (including phenoxy) is 1. The Hall–Kier alpha value is -1.69. The number of anilines is 2. The lowest BCUT2D eigenvalue weighted by atomic mass is 10.2. The van der Waals surface area contributed by atoms with Crippen molar-refractivity contribution in [2.75, 3.05) is 30.3 Å². The van der Waals surface area contributed by atoms with Gasteiger partial charge in [0, 0.05) is 19.2 Å². The zero-order valence-electron chi connectivity index (χ0n) is 10.5. The van der Waals surface area contributed by atoms with Gasteiger partial charge in [0.05, 0.1) is 12.6 Å². The molecule has 1 aliphatic heterocycles. The molecule has 1 unspecified atom stereocenters. The van der Waals surface area contributed by atoms with Crippen LogP contribution in [0.4, 0.5) is 11.6 Å². The van der Waals surface area contributed by atoms with Crippen LogP contribution in [0.3, 0.4) is 0 Å². The maximum atomic E-state index is 10.9. The number of ketones is 1. The van der Waals surface area contributed by atoms with Crippen molar-refractivity contribution in [1.82, 2.24) is 9.97 Å². The molecule has 0 aliphatic carbocycles. The lowest BCUT2D eigenvalue weighted by Crippen LogP contribution is -2.19. The molecule has 2 rings (SSSR count). The third-order valence-corrected chi connectivity index (χ3v) is 2.72. The van der Waals surface area contributed by atoms with Crippen LogP contribution in [0.25, 0.3) is 0 Å². The molecule has 1 aromatic rings. The van der Waals surface area contributed by atoms with Crippen LogP contribution < -0.4 is 10.6 Å². The predicted molar refractivity (Wildman–Crippen MR) is 68.7 cm³/mol. The Morgan fingerprint density at radius 1 is 1.44 bits per heavy atom. The molecule has 6 nitrogen and oxygen atoms in total. The highest BCUT2D eigenvalue weighted by atomic mass is 16.5. The molecule has 0 aromatic carbocycles. The number of carbonyl (C=O) groups excluding carboxylic acids is 1. The third-order valence-electron chi connectivity index (χ3n) is 2.72. The Kier molecular flexibility index (Phi) is 4.46. The molecule has 6 heteroatoms. The van der Waals surface area contributed by atoms with Crippen molar-refractivity contribution in [3.8, 4) is 0 Å². The molecule has 1 aromatic heterocycles. The highest BCUT2D eigenvalue weighted by Gasteiger charge is 2.14. The van der Waals surface area contributed by atoms with E-state index in [9.17, 15) is 4.79 Å². The molecule has 0 bridgehead atoms. The fraction of sp³-hybridized carbons (Fsp3) is 0.583. The summed E-state index contributed by atoms with van der Waals surface area (Å²) in [4.78, 5) is 19.0. The van der Waals surface area contributed by atoms with Crippen molar-refractivity contribution >= 4 is 17.4 Å². The first kappa shape index (κ1) is 12.8. The van der Waals surface area contributed by atoms with Gasteiger partial charge in [-0.1, -0.05) is 0 Å². The van der Waals surface area contributed by atoms with Crippen molar-refractivity contribution in [3.05, 3.63) is 12.4 Å². The van der Waals surface area contributed by atoms with Crippen LogP contribution >= 0.6 is 0 Å². The molecule has 1 atom stereocenters. The summed E-state index contributed by atoms with van der Waals surface area (Å²) in [5, 5.41) is 6.15. The van der Waals surface area contributed by atoms with Crippen LogP contribution in [0.1, 0.15) is 19.8 Å². The van der Waals surface area contributed by atoms with Crippen molar-refractivity contribution < 1.29 is 9.53 Å². The second-order valence-electron chi connectivity index (χ2n) is 4.36. The number of nitrogens with one attached hydrogen (secondary N) is 2. The SMILES string of the molecule is CC(=O)CNc1cc(NCC2CCCO2)ncn1. The summed E-state index contributed by atoms with van der Waals surface area (Å²) in [6.07, 6.45) is 3.96. The summed E-state index contributed by atoms with van der Waals surface area (Å²) in [5.41, 5.74) is 0. The second kappa shape index (κ2) is 6.30. The van der Waals surface area contributed by atoms with E-state index in [0.717, 1.165) is 31.8 Å². The van der Waals surface area contributed by atoms with Crippen molar-refractivity contribution in [1.29, 1.82) is 0 Å². The van der Waals surface area contributed by atoms with Crippen LogP contribution in [0, 0.1) is 0 Å². The minimum absolute atomic E-state index is 0.0717. The maximum Gasteiger partial charge on any atom is 0.148 e. The van der Waals surface area contributed by atoms with Gasteiger partial charge in [-0.15, -0.1) is 0 Å². The molecule has 0 radical (unpaired) electrons. The lowest BCUT2D eigenvalue weighted by Gasteiger charge is -2.11. The molecule has 2 N–H and O–H groups in total. The van der Waals surface area contributed by atoms with Crippen molar-refractivity contribution in [2.24, 2.45) is 0 Å². The number of hydrogen-bond donors (Lipinski definition) is 2. The molecule has 18 heavy (non-hydrogen) atoms. The minimum Gasteiger partial charge on any atom is -0.376 e. The molecule has 1 aliphatic rings. The number of nitrogens with zero attached hydrogens (tertiary/aromatic N) is 2. The Bertz CT molecular complexity index is 405. The molecule has 0 saturated carbocycles. The van der Waals surface area contributed by atoms with Gasteiger partial charge < -0.3 is 15.4 Å². The van der Waals surface area contributed by atoms with E-state index in [2.05, 4.69) is 20.6 Å². The summed E-state index contributed by atoms with van der Waals surface area (Å²) in [5.74, 6) is 1.46. The molecule has 1 saturated heterocycles. The Morgan fingerprint density at radius 3 is 2.89 bits per heavy atom. The molecule has 2 heterocycles. The third kappa shape index (κ3) is 3.96. The number of rotatable bonds is 6. The van der Waals surface area contributed by atoms with Gasteiger partial charge in [0.2, 0.25) is 0 Å². The standard InChI is InChI=1S/C12H18N4O2/c1-9(17)6-13-11-5-12(16-8-15-11)14-7-10-3-2-4-18-10/h5,8,10H,2-4,6-7H2,1H3,(H2,13,14,15,16). The van der Waals surface area contributed by atoms with Crippen LogP contribution in [-0.4, -0.2) is 41.6 Å². The van der Waals surface area contributed by atoms with E-state index in [0.29, 0.717) is 5.82 Å². The van der Waals surface area contributed by atoms with E-state index in [-0.39, 0.29) is 18.4 Å². The van der Waals surface area contributed by atoms with E-state index >= 15 is 0 Å². The second-order valence-corrected chi connectivity index (χ2v) is 4.36. The fourth-order valence-corrected chi connectivity index (χ4v) is 1.79. The molecular formula is C12H18N4O2. The van der Waals surface area contributed by atoms with Crippen LogP contribution in [0.5, 0.6) is 0 Å². The average molecular weight is 250 g/mol. The van der Waals surface area contributed by atoms with Gasteiger partial charge in [0.15, 0.2) is 0 Å². The zero-order chi connectivity index (χ0) is 12.8. The van der Waals surface area contributed by atoms with E-state index < -0.39 is 0 Å². The first-order valence-corrected chi connectivity index (χ1v) is 6.15. The largest absolute Gasteiger partial charge is 0.376 e. The fourth-order valence-electron chi connectivity index (χ4n) is 1.79. The van der Waals surface area contributed by atoms with Gasteiger partial charge in [-0.05, 0) is 19.8 Å². The summed E-state index contributed by atoms with van der Waals surface area (Å²) in [6, 6.07) is 1.79. The minimum atomic E-state index is 0.0717. The Morgan fingerprint density at radius 2 is 2.22 bits per heavy atom. The van der Waals surface area contributed by atoms with Crippen molar-refractivity contribution in [3.63, 3.8) is 0 Å². The predicted octanol–water partition coefficient (Wildman–Crippen LogP) is 1.07. The molecular weight excluding hydrogens is 232 g/mol. The Balaban J connectivity index is 1.84. The first-order valence-electron chi connectivity index (χ1n) is 6.15. The summed E-state index contributed by atoms with van der Waals surface area (Å²) < 4.78 is 5.52. The van der Waals surface area contributed by atoms with Gasteiger partial charge >= 0.3 is 0 Å². The summed E-state index contributed by atoms with van der Waals surface area (Å²) >= 11 is 0. The van der Waals surface area contributed by atoms with E-state index in [1.54, 1.807) is 6.07 Å². The van der Waals surface area contributed by atoms with Crippen molar-refractivity contribution in [2.45, 2.75) is 25.9 Å². The lowest BCUT2D eigenvalue weighted by molar-refractivity contribution is -0.115. The maximum absolute atomic E-state index is 10.9. The van der Waals surface area contributed by atoms with E-state index in [4.69, 9.17) is 4.74 Å². The average Bonchev–Trinajstić information content (AvgIpc) is 2.87. The molecule has 1 fully saturated rings. The highest BCUT2D eigenvalue weighted by molar-refractivity contribution is 5.80. The van der Waals surface area contributed by atoms with Crippen LogP contribution in [0.15, 0.2) is 12.4 Å². The normalized spacial score (nSPS) is 18.6. The first-order chi connectivity index (χ1) is 8.74. The summed E-state index contributed by atoms with van der Waals surface area (Å²) in [7, 11) is 0. The Labute approximate surface area is 106 Å². The topological polar surface area (TPSA) is 76.1 Å². The number of aromatic nitrogens is 2. The number of carbonyl (C=O) groups is 1. The molecule has 0 spiro atoms. The smallest absolute Gasteiger partial charge is 0.148 e.